The molecule has 0 atom stereocenters. The molecule has 2 heterocycles. The van der Waals surface area contributed by atoms with Crippen LogP contribution < -0.4 is 15.9 Å². The summed E-state index contributed by atoms with van der Waals surface area (Å²) in [5, 5.41) is 19.1. The van der Waals surface area contributed by atoms with Gasteiger partial charge in [-0.15, -0.1) is 0 Å². The number of ether oxygens (including phenoxy) is 1. The fourth-order valence-electron chi connectivity index (χ4n) is 3.44. The molecule has 5 nitrogen and oxygen atoms in total. The molecule has 1 aliphatic heterocycles. The quantitative estimate of drug-likeness (QED) is 0.704. The predicted octanol–water partition coefficient (Wildman–Crippen LogP) is 2.41. The summed E-state index contributed by atoms with van der Waals surface area (Å²) in [6, 6.07) is 9.96. The Morgan fingerprint density at radius 3 is 2.80 bits per heavy atom. The van der Waals surface area contributed by atoms with Crippen molar-refractivity contribution in [1.82, 2.24) is 10.2 Å². The van der Waals surface area contributed by atoms with Crippen LogP contribution in [0.4, 0.5) is 5.69 Å². The Balaban J connectivity index is 1.93. The zero-order chi connectivity index (χ0) is 17.8. The SMILES string of the molecule is CB(O)c1cc2c(c(-c3ccc4c(N)cnnc4c3)c1)OC(C)(C)C2. The van der Waals surface area contributed by atoms with Gasteiger partial charge in [0.05, 0.1) is 17.4 Å². The minimum Gasteiger partial charge on any atom is -0.487 e. The average Bonchev–Trinajstić information content (AvgIpc) is 2.87. The van der Waals surface area contributed by atoms with Crippen molar-refractivity contribution in [2.75, 3.05) is 5.73 Å². The van der Waals surface area contributed by atoms with Gasteiger partial charge in [-0.25, -0.2) is 0 Å². The van der Waals surface area contributed by atoms with Crippen LogP contribution in [0.2, 0.25) is 6.82 Å². The van der Waals surface area contributed by atoms with Crippen molar-refractivity contribution in [3.63, 3.8) is 0 Å². The minimum absolute atomic E-state index is 0.254. The van der Waals surface area contributed by atoms with Gasteiger partial charge in [0.2, 0.25) is 0 Å². The second-order valence-electron chi connectivity index (χ2n) is 7.30. The van der Waals surface area contributed by atoms with E-state index in [1.54, 1.807) is 13.0 Å². The van der Waals surface area contributed by atoms with Gasteiger partial charge in [-0.2, -0.15) is 10.2 Å². The molecule has 25 heavy (non-hydrogen) atoms. The molecule has 0 spiro atoms. The Hall–Kier alpha value is -2.60. The molecule has 3 aromatic rings. The maximum atomic E-state index is 10.1. The maximum Gasteiger partial charge on any atom is 0.320 e. The first-order chi connectivity index (χ1) is 11.8. The number of hydrogen-bond acceptors (Lipinski definition) is 5. The largest absolute Gasteiger partial charge is 0.487 e. The summed E-state index contributed by atoms with van der Waals surface area (Å²) in [5.41, 5.74) is 11.0. The number of anilines is 1. The summed E-state index contributed by atoms with van der Waals surface area (Å²) in [4.78, 5) is 0. The lowest BCUT2D eigenvalue weighted by Crippen LogP contribution is -2.26. The van der Waals surface area contributed by atoms with Gasteiger partial charge in [0.1, 0.15) is 11.4 Å². The standard InChI is InChI=1S/C19H20BN3O2/c1-19(2)9-12-6-13(20(3)24)8-15(18(12)25-19)11-4-5-14-16(21)10-22-23-17(14)7-11/h4-8,10,24H,9H2,1-3H3,(H2,21,23). The molecule has 1 aliphatic rings. The number of fused-ring (bicyclic) bond motifs is 2. The molecular formula is C19H20BN3O2. The molecule has 0 saturated carbocycles. The number of nitrogens with zero attached hydrogens (tertiary/aromatic N) is 2. The second kappa shape index (κ2) is 5.46. The Kier molecular flexibility index (Phi) is 3.47. The highest BCUT2D eigenvalue weighted by Crippen LogP contribution is 2.42. The highest BCUT2D eigenvalue weighted by Gasteiger charge is 2.33. The third kappa shape index (κ3) is 2.72. The van der Waals surface area contributed by atoms with Crippen molar-refractivity contribution in [3.05, 3.63) is 42.1 Å². The summed E-state index contributed by atoms with van der Waals surface area (Å²) in [6.45, 7) is 5.39. The molecule has 0 fully saturated rings. The molecule has 0 amide bonds. The second-order valence-corrected chi connectivity index (χ2v) is 7.30. The molecule has 0 radical (unpaired) electrons. The van der Waals surface area contributed by atoms with Crippen LogP contribution >= 0.6 is 0 Å². The molecule has 0 unspecified atom stereocenters. The van der Waals surface area contributed by atoms with Crippen LogP contribution in [-0.2, 0) is 6.42 Å². The Morgan fingerprint density at radius 1 is 1.24 bits per heavy atom. The normalized spacial score (nSPS) is 15.0. The van der Waals surface area contributed by atoms with Crippen LogP contribution in [0.5, 0.6) is 5.75 Å². The molecule has 6 heteroatoms. The topological polar surface area (TPSA) is 81.3 Å². The first kappa shape index (κ1) is 15.9. The minimum atomic E-state index is -0.538. The molecule has 3 N–H and O–H groups in total. The van der Waals surface area contributed by atoms with Gasteiger partial charge in [-0.1, -0.05) is 25.0 Å². The third-order valence-corrected chi connectivity index (χ3v) is 4.65. The predicted molar refractivity (Wildman–Crippen MR) is 101 cm³/mol. The van der Waals surface area contributed by atoms with Crippen molar-refractivity contribution in [3.8, 4) is 16.9 Å². The van der Waals surface area contributed by atoms with Gasteiger partial charge < -0.3 is 15.5 Å². The maximum absolute atomic E-state index is 10.1. The lowest BCUT2D eigenvalue weighted by Gasteiger charge is -2.18. The van der Waals surface area contributed by atoms with Gasteiger partial charge in [-0.3, -0.25) is 0 Å². The van der Waals surface area contributed by atoms with Crippen molar-refractivity contribution in [1.29, 1.82) is 0 Å². The van der Waals surface area contributed by atoms with Crippen LogP contribution in [0.1, 0.15) is 19.4 Å². The summed E-state index contributed by atoms with van der Waals surface area (Å²) < 4.78 is 6.21. The molecule has 126 valence electrons. The number of rotatable bonds is 2. The zero-order valence-electron chi connectivity index (χ0n) is 14.6. The van der Waals surface area contributed by atoms with Crippen LogP contribution in [0.3, 0.4) is 0 Å². The molecule has 0 aliphatic carbocycles. The summed E-state index contributed by atoms with van der Waals surface area (Å²) in [5.74, 6) is 0.880. The van der Waals surface area contributed by atoms with Crippen molar-refractivity contribution >= 4 is 29.0 Å². The van der Waals surface area contributed by atoms with E-state index in [0.717, 1.165) is 45.2 Å². The number of benzene rings is 2. The third-order valence-electron chi connectivity index (χ3n) is 4.65. The molecule has 0 saturated heterocycles. The Morgan fingerprint density at radius 2 is 2.04 bits per heavy atom. The molecule has 2 aromatic carbocycles. The molecule has 1 aromatic heterocycles. The van der Waals surface area contributed by atoms with E-state index in [4.69, 9.17) is 10.5 Å². The van der Waals surface area contributed by atoms with Crippen molar-refractivity contribution < 1.29 is 9.76 Å². The lowest BCUT2D eigenvalue weighted by molar-refractivity contribution is 0.139. The van der Waals surface area contributed by atoms with E-state index in [1.165, 1.54) is 0 Å². The Labute approximate surface area is 147 Å². The Bertz CT molecular complexity index is 986. The summed E-state index contributed by atoms with van der Waals surface area (Å²) in [7, 11) is 0. The van der Waals surface area contributed by atoms with Crippen LogP contribution in [-0.4, -0.2) is 27.7 Å². The van der Waals surface area contributed by atoms with E-state index in [9.17, 15) is 5.02 Å². The average molecular weight is 333 g/mol. The molecule has 4 rings (SSSR count). The number of aromatic nitrogens is 2. The summed E-state index contributed by atoms with van der Waals surface area (Å²) in [6.07, 6.45) is 2.37. The molecule has 0 bridgehead atoms. The number of hydrogen-bond donors (Lipinski definition) is 2. The van der Waals surface area contributed by atoms with E-state index in [1.807, 2.05) is 30.3 Å². The summed E-state index contributed by atoms with van der Waals surface area (Å²) >= 11 is 0. The van der Waals surface area contributed by atoms with Crippen LogP contribution in [0, 0.1) is 0 Å². The van der Waals surface area contributed by atoms with E-state index in [0.29, 0.717) is 5.69 Å². The van der Waals surface area contributed by atoms with Gasteiger partial charge in [0, 0.05) is 17.4 Å². The zero-order valence-corrected chi connectivity index (χ0v) is 14.6. The smallest absolute Gasteiger partial charge is 0.320 e. The van der Waals surface area contributed by atoms with Gasteiger partial charge in [0.25, 0.3) is 0 Å². The lowest BCUT2D eigenvalue weighted by atomic mass is 9.63. The van der Waals surface area contributed by atoms with Crippen LogP contribution in [0.15, 0.2) is 36.5 Å². The number of nitrogen functional groups attached to an aromatic ring is 1. The molecular weight excluding hydrogens is 313 g/mol. The van der Waals surface area contributed by atoms with Crippen LogP contribution in [0.25, 0.3) is 22.0 Å². The van der Waals surface area contributed by atoms with E-state index in [2.05, 4.69) is 24.0 Å². The van der Waals surface area contributed by atoms with E-state index < -0.39 is 6.92 Å². The highest BCUT2D eigenvalue weighted by molar-refractivity contribution is 6.65. The monoisotopic (exact) mass is 333 g/mol. The van der Waals surface area contributed by atoms with Crippen molar-refractivity contribution in [2.24, 2.45) is 0 Å². The van der Waals surface area contributed by atoms with Crippen molar-refractivity contribution in [2.45, 2.75) is 32.7 Å². The first-order valence-electron chi connectivity index (χ1n) is 8.39. The van der Waals surface area contributed by atoms with Gasteiger partial charge in [-0.05, 0) is 42.6 Å². The highest BCUT2D eigenvalue weighted by atomic mass is 16.5. The fourth-order valence-corrected chi connectivity index (χ4v) is 3.44. The van der Waals surface area contributed by atoms with Gasteiger partial charge in [0.15, 0.2) is 0 Å². The number of nitrogens with two attached hydrogens (primary N) is 1. The fraction of sp³-hybridized carbons (Fsp3) is 0.263. The van der Waals surface area contributed by atoms with E-state index >= 15 is 0 Å². The first-order valence-corrected chi connectivity index (χ1v) is 8.39. The van der Waals surface area contributed by atoms with Gasteiger partial charge >= 0.3 is 6.92 Å². The van der Waals surface area contributed by atoms with E-state index in [-0.39, 0.29) is 5.60 Å².